The number of nitrogens with zero attached hydrogens (tertiary/aromatic N) is 2. The smallest absolute Gasteiger partial charge is 0.265 e. The number of likely N-dealkylation sites (N-methyl/N-ethyl adjacent to an activating group) is 2. The van der Waals surface area contributed by atoms with Crippen LogP contribution in [0, 0.1) is 0 Å². The van der Waals surface area contributed by atoms with Gasteiger partial charge in [0.25, 0.3) is 11.8 Å². The fourth-order valence-electron chi connectivity index (χ4n) is 2.59. The number of amides is 2. The lowest BCUT2D eigenvalue weighted by molar-refractivity contribution is -0.132. The molecule has 0 bridgehead atoms. The highest BCUT2D eigenvalue weighted by atomic mass is 32.1. The molecule has 0 spiro atoms. The average molecular weight is 368 g/mol. The van der Waals surface area contributed by atoms with Gasteiger partial charge in [0.1, 0.15) is 17.1 Å². The topological polar surface area (TPSA) is 70.8 Å². The number of benzene rings is 1. The Morgan fingerprint density at radius 3 is 2.35 bits per heavy atom. The van der Waals surface area contributed by atoms with Crippen LogP contribution in [-0.4, -0.2) is 46.6 Å². The fraction of sp³-hybridized carbons (Fsp3) is 0.158. The molecule has 6 nitrogen and oxygen atoms in total. The Kier molecular flexibility index (Phi) is 4.56. The Morgan fingerprint density at radius 2 is 1.73 bits per heavy atom. The molecule has 1 saturated heterocycles. The predicted octanol–water partition coefficient (Wildman–Crippen LogP) is 2.75. The summed E-state index contributed by atoms with van der Waals surface area (Å²) >= 11 is 5.06. The fourth-order valence-corrected chi connectivity index (χ4v) is 2.76. The molecule has 1 aromatic heterocycles. The van der Waals surface area contributed by atoms with E-state index in [1.807, 2.05) is 6.07 Å². The maximum absolute atomic E-state index is 12.3. The molecule has 0 N–H and O–H groups in total. The van der Waals surface area contributed by atoms with E-state index >= 15 is 0 Å². The molecule has 1 fully saturated rings. The van der Waals surface area contributed by atoms with Crippen molar-refractivity contribution in [3.05, 3.63) is 53.3 Å². The summed E-state index contributed by atoms with van der Waals surface area (Å²) in [6.07, 6.45) is 1.40. The SMILES string of the molecule is CC(=O)c1cccc(-c2ccc(C=C3C(=O)N(C)C(=S)N(C)C3=O)o2)c1. The molecule has 132 valence electrons. The normalized spacial score (nSPS) is 14.9. The van der Waals surface area contributed by atoms with Gasteiger partial charge in [-0.05, 0) is 43.4 Å². The van der Waals surface area contributed by atoms with E-state index in [-0.39, 0.29) is 16.5 Å². The molecule has 2 heterocycles. The first-order valence-electron chi connectivity index (χ1n) is 7.82. The third kappa shape index (κ3) is 3.09. The van der Waals surface area contributed by atoms with E-state index in [9.17, 15) is 14.4 Å². The summed E-state index contributed by atoms with van der Waals surface area (Å²) in [5.74, 6) is -0.0992. The molecule has 0 atom stereocenters. The summed E-state index contributed by atoms with van der Waals surface area (Å²) < 4.78 is 5.74. The summed E-state index contributed by atoms with van der Waals surface area (Å²) in [5.41, 5.74) is 1.29. The Bertz CT molecular complexity index is 947. The Hall–Kier alpha value is -3.06. The van der Waals surface area contributed by atoms with Crippen molar-refractivity contribution in [1.29, 1.82) is 0 Å². The zero-order valence-corrected chi connectivity index (χ0v) is 15.3. The van der Waals surface area contributed by atoms with Crippen LogP contribution in [0.15, 0.2) is 46.4 Å². The summed E-state index contributed by atoms with van der Waals surface area (Å²) in [5, 5.41) is 0.151. The number of hydrogen-bond acceptors (Lipinski definition) is 5. The number of Topliss-reactive ketones (excluding diaryl/α,β-unsaturated/α-hetero) is 1. The molecule has 2 aromatic rings. The van der Waals surface area contributed by atoms with Crippen molar-refractivity contribution in [2.75, 3.05) is 14.1 Å². The van der Waals surface area contributed by atoms with Gasteiger partial charge in [0, 0.05) is 25.2 Å². The number of rotatable bonds is 3. The molecule has 2 amide bonds. The van der Waals surface area contributed by atoms with E-state index in [4.69, 9.17) is 16.6 Å². The van der Waals surface area contributed by atoms with E-state index in [0.29, 0.717) is 17.1 Å². The van der Waals surface area contributed by atoms with Gasteiger partial charge < -0.3 is 4.42 Å². The molecule has 0 aliphatic carbocycles. The lowest BCUT2D eigenvalue weighted by Crippen LogP contribution is -2.52. The van der Waals surface area contributed by atoms with Crippen LogP contribution in [0.4, 0.5) is 0 Å². The van der Waals surface area contributed by atoms with Gasteiger partial charge in [-0.25, -0.2) is 0 Å². The number of carbonyl (C=O) groups is 3. The van der Waals surface area contributed by atoms with Crippen molar-refractivity contribution in [2.45, 2.75) is 6.92 Å². The average Bonchev–Trinajstić information content (AvgIpc) is 3.11. The number of thiocarbonyl (C=S) groups is 1. The van der Waals surface area contributed by atoms with Gasteiger partial charge in [-0.1, -0.05) is 18.2 Å². The second-order valence-electron chi connectivity index (χ2n) is 5.91. The van der Waals surface area contributed by atoms with Crippen molar-refractivity contribution >= 4 is 41.0 Å². The largest absolute Gasteiger partial charge is 0.457 e. The molecule has 7 heteroatoms. The zero-order chi connectivity index (χ0) is 19.0. The molecular formula is C19H16N2O4S. The highest BCUT2D eigenvalue weighted by molar-refractivity contribution is 7.80. The van der Waals surface area contributed by atoms with E-state index in [1.54, 1.807) is 30.3 Å². The summed E-state index contributed by atoms with van der Waals surface area (Å²) in [6, 6.07) is 10.4. The molecule has 3 rings (SSSR count). The van der Waals surface area contributed by atoms with Crippen molar-refractivity contribution in [1.82, 2.24) is 9.80 Å². The molecule has 1 aliphatic heterocycles. The van der Waals surface area contributed by atoms with Crippen molar-refractivity contribution in [3.8, 4) is 11.3 Å². The van der Waals surface area contributed by atoms with Crippen LogP contribution >= 0.6 is 12.2 Å². The minimum absolute atomic E-state index is 0.0259. The number of ketones is 1. The first kappa shape index (κ1) is 17.8. The monoisotopic (exact) mass is 368 g/mol. The van der Waals surface area contributed by atoms with E-state index in [0.717, 1.165) is 5.56 Å². The van der Waals surface area contributed by atoms with Crippen LogP contribution in [0.1, 0.15) is 23.0 Å². The predicted molar refractivity (Wildman–Crippen MR) is 100 cm³/mol. The molecule has 1 aromatic carbocycles. The van der Waals surface area contributed by atoms with Crippen molar-refractivity contribution in [3.63, 3.8) is 0 Å². The summed E-state index contributed by atoms with van der Waals surface area (Å²) in [4.78, 5) is 38.7. The zero-order valence-electron chi connectivity index (χ0n) is 14.5. The highest BCUT2D eigenvalue weighted by Crippen LogP contribution is 2.26. The van der Waals surface area contributed by atoms with Crippen LogP contribution in [0.3, 0.4) is 0 Å². The van der Waals surface area contributed by atoms with Gasteiger partial charge >= 0.3 is 0 Å². The van der Waals surface area contributed by atoms with Gasteiger partial charge in [-0.15, -0.1) is 0 Å². The maximum atomic E-state index is 12.3. The minimum Gasteiger partial charge on any atom is -0.457 e. The molecular weight excluding hydrogens is 352 g/mol. The van der Waals surface area contributed by atoms with Crippen molar-refractivity contribution < 1.29 is 18.8 Å². The second-order valence-corrected chi connectivity index (χ2v) is 6.27. The van der Waals surface area contributed by atoms with E-state index < -0.39 is 11.8 Å². The van der Waals surface area contributed by atoms with Crippen molar-refractivity contribution in [2.24, 2.45) is 0 Å². The number of hydrogen-bond donors (Lipinski definition) is 0. The first-order chi connectivity index (χ1) is 12.3. The lowest BCUT2D eigenvalue weighted by Gasteiger charge is -2.31. The van der Waals surface area contributed by atoms with E-state index in [1.165, 1.54) is 36.9 Å². The van der Waals surface area contributed by atoms with E-state index in [2.05, 4.69) is 0 Å². The molecule has 0 radical (unpaired) electrons. The van der Waals surface area contributed by atoms with Crippen LogP contribution in [0.5, 0.6) is 0 Å². The first-order valence-corrected chi connectivity index (χ1v) is 8.23. The van der Waals surface area contributed by atoms with Crippen LogP contribution < -0.4 is 0 Å². The molecule has 26 heavy (non-hydrogen) atoms. The number of carbonyl (C=O) groups excluding carboxylic acids is 3. The van der Waals surface area contributed by atoms with Gasteiger partial charge in [0.05, 0.1) is 0 Å². The third-order valence-electron chi connectivity index (χ3n) is 4.11. The summed E-state index contributed by atoms with van der Waals surface area (Å²) in [6.45, 7) is 1.49. The minimum atomic E-state index is -0.477. The maximum Gasteiger partial charge on any atom is 0.265 e. The Labute approximate surface area is 155 Å². The standard InChI is InChI=1S/C19H16N2O4S/c1-11(22)12-5-4-6-13(9-12)16-8-7-14(25-16)10-15-17(23)20(2)19(26)21(3)18(15)24/h4-10H,1-3H3. The van der Waals surface area contributed by atoms with Crippen LogP contribution in [0.25, 0.3) is 17.4 Å². The Balaban J connectivity index is 1.95. The Morgan fingerprint density at radius 1 is 1.08 bits per heavy atom. The van der Waals surface area contributed by atoms with Crippen LogP contribution in [-0.2, 0) is 9.59 Å². The second kappa shape index (κ2) is 6.68. The number of furan rings is 1. The summed E-state index contributed by atoms with van der Waals surface area (Å²) in [7, 11) is 3.03. The molecule has 0 saturated carbocycles. The van der Waals surface area contributed by atoms with Gasteiger partial charge in [0.15, 0.2) is 10.9 Å². The highest BCUT2D eigenvalue weighted by Gasteiger charge is 2.35. The van der Waals surface area contributed by atoms with Crippen LogP contribution in [0.2, 0.25) is 0 Å². The van der Waals surface area contributed by atoms with Gasteiger partial charge in [0.2, 0.25) is 0 Å². The third-order valence-corrected chi connectivity index (χ3v) is 4.66. The van der Waals surface area contributed by atoms with Gasteiger partial charge in [-0.3, -0.25) is 24.2 Å². The lowest BCUT2D eigenvalue weighted by atomic mass is 10.1. The molecule has 1 aliphatic rings. The molecule has 0 unspecified atom stereocenters. The quantitative estimate of drug-likeness (QED) is 0.361. The van der Waals surface area contributed by atoms with Gasteiger partial charge in [-0.2, -0.15) is 0 Å².